The van der Waals surface area contributed by atoms with Gasteiger partial charge < -0.3 is 16.2 Å². The number of rotatable bonds is 4. The Morgan fingerprint density at radius 2 is 1.79 bits per heavy atom. The SMILES string of the molecule is NC1(C(=O)N[C@@H](C(=O)O)c2ccccc2)CCCC1. The van der Waals surface area contributed by atoms with Gasteiger partial charge in [-0.15, -0.1) is 0 Å². The zero-order chi connectivity index (χ0) is 13.9. The minimum Gasteiger partial charge on any atom is -0.479 e. The van der Waals surface area contributed by atoms with Gasteiger partial charge in [-0.1, -0.05) is 43.2 Å². The molecule has 0 heterocycles. The van der Waals surface area contributed by atoms with E-state index in [9.17, 15) is 14.7 Å². The van der Waals surface area contributed by atoms with Crippen molar-refractivity contribution in [3.05, 3.63) is 35.9 Å². The second kappa shape index (κ2) is 5.40. The van der Waals surface area contributed by atoms with Gasteiger partial charge in [-0.2, -0.15) is 0 Å². The van der Waals surface area contributed by atoms with E-state index in [1.165, 1.54) is 0 Å². The second-order valence-electron chi connectivity index (χ2n) is 5.02. The van der Waals surface area contributed by atoms with Crippen molar-refractivity contribution in [2.45, 2.75) is 37.3 Å². The van der Waals surface area contributed by atoms with Crippen molar-refractivity contribution < 1.29 is 14.7 Å². The van der Waals surface area contributed by atoms with Gasteiger partial charge in [0.05, 0.1) is 5.54 Å². The molecule has 2 rings (SSSR count). The Hall–Kier alpha value is -1.88. The van der Waals surface area contributed by atoms with Gasteiger partial charge in [0.25, 0.3) is 0 Å². The molecule has 5 heteroatoms. The fourth-order valence-corrected chi connectivity index (χ4v) is 2.44. The van der Waals surface area contributed by atoms with Crippen LogP contribution in [0.2, 0.25) is 0 Å². The van der Waals surface area contributed by atoms with Crippen LogP contribution in [-0.4, -0.2) is 22.5 Å². The lowest BCUT2D eigenvalue weighted by Gasteiger charge is -2.25. The molecule has 1 fully saturated rings. The van der Waals surface area contributed by atoms with Crippen LogP contribution in [0.4, 0.5) is 0 Å². The molecule has 1 saturated carbocycles. The first-order valence-corrected chi connectivity index (χ1v) is 6.40. The standard InChI is InChI=1S/C14H18N2O3/c15-14(8-4-5-9-14)13(19)16-11(12(17)18)10-6-2-1-3-7-10/h1-3,6-7,11H,4-5,8-9,15H2,(H,16,19)(H,17,18)/t11-/m1/s1. The topological polar surface area (TPSA) is 92.4 Å². The normalized spacial score (nSPS) is 18.8. The van der Waals surface area contributed by atoms with Crippen LogP contribution >= 0.6 is 0 Å². The van der Waals surface area contributed by atoms with Crippen LogP contribution < -0.4 is 11.1 Å². The Labute approximate surface area is 111 Å². The molecule has 1 aromatic rings. The number of benzene rings is 1. The molecule has 1 amide bonds. The van der Waals surface area contributed by atoms with Gasteiger partial charge in [0.15, 0.2) is 6.04 Å². The quantitative estimate of drug-likeness (QED) is 0.760. The number of nitrogens with one attached hydrogen (secondary N) is 1. The van der Waals surface area contributed by atoms with Gasteiger partial charge in [0.2, 0.25) is 5.91 Å². The van der Waals surface area contributed by atoms with E-state index in [4.69, 9.17) is 5.73 Å². The maximum Gasteiger partial charge on any atom is 0.330 e. The number of amides is 1. The summed E-state index contributed by atoms with van der Waals surface area (Å²) in [6.45, 7) is 0. The highest BCUT2D eigenvalue weighted by Crippen LogP contribution is 2.28. The summed E-state index contributed by atoms with van der Waals surface area (Å²) in [5.41, 5.74) is 5.66. The van der Waals surface area contributed by atoms with Crippen molar-refractivity contribution in [2.24, 2.45) is 5.73 Å². The first-order valence-electron chi connectivity index (χ1n) is 6.40. The van der Waals surface area contributed by atoms with Crippen molar-refractivity contribution in [3.8, 4) is 0 Å². The van der Waals surface area contributed by atoms with Crippen LogP contribution in [0.25, 0.3) is 0 Å². The van der Waals surface area contributed by atoms with E-state index in [2.05, 4.69) is 5.32 Å². The largest absolute Gasteiger partial charge is 0.479 e. The number of nitrogens with two attached hydrogens (primary N) is 1. The van der Waals surface area contributed by atoms with E-state index in [0.717, 1.165) is 12.8 Å². The molecule has 1 atom stereocenters. The summed E-state index contributed by atoms with van der Waals surface area (Å²) in [5.74, 6) is -1.46. The molecule has 1 aromatic carbocycles. The third kappa shape index (κ3) is 2.93. The molecule has 0 saturated heterocycles. The summed E-state index contributed by atoms with van der Waals surface area (Å²) in [7, 11) is 0. The first kappa shape index (κ1) is 13.5. The van der Waals surface area contributed by atoms with Crippen molar-refractivity contribution in [1.29, 1.82) is 0 Å². The summed E-state index contributed by atoms with van der Waals surface area (Å²) in [4.78, 5) is 23.5. The van der Waals surface area contributed by atoms with Crippen LogP contribution in [0.1, 0.15) is 37.3 Å². The molecule has 0 aromatic heterocycles. The molecule has 0 radical (unpaired) electrons. The van der Waals surface area contributed by atoms with Crippen molar-refractivity contribution in [2.75, 3.05) is 0 Å². The third-order valence-electron chi connectivity index (χ3n) is 3.60. The van der Waals surface area contributed by atoms with Gasteiger partial charge in [-0.3, -0.25) is 4.79 Å². The number of hydrogen-bond acceptors (Lipinski definition) is 3. The van der Waals surface area contributed by atoms with Crippen LogP contribution in [0.3, 0.4) is 0 Å². The van der Waals surface area contributed by atoms with E-state index in [-0.39, 0.29) is 5.91 Å². The minimum absolute atomic E-state index is 0.374. The zero-order valence-electron chi connectivity index (χ0n) is 10.6. The summed E-state index contributed by atoms with van der Waals surface area (Å²) in [5, 5.41) is 11.8. The van der Waals surface area contributed by atoms with E-state index >= 15 is 0 Å². The highest BCUT2D eigenvalue weighted by molar-refractivity contribution is 5.90. The fourth-order valence-electron chi connectivity index (χ4n) is 2.44. The molecule has 4 N–H and O–H groups in total. The molecule has 1 aliphatic rings. The Balaban J connectivity index is 2.14. The van der Waals surface area contributed by atoms with Gasteiger partial charge in [0, 0.05) is 0 Å². The van der Waals surface area contributed by atoms with E-state index in [1.54, 1.807) is 30.3 Å². The predicted octanol–water partition coefficient (Wildman–Crippen LogP) is 1.20. The summed E-state index contributed by atoms with van der Waals surface area (Å²) < 4.78 is 0. The molecular formula is C14H18N2O3. The molecule has 19 heavy (non-hydrogen) atoms. The van der Waals surface area contributed by atoms with E-state index in [1.807, 2.05) is 0 Å². The van der Waals surface area contributed by atoms with Crippen LogP contribution in [0.5, 0.6) is 0 Å². The smallest absolute Gasteiger partial charge is 0.330 e. The van der Waals surface area contributed by atoms with E-state index in [0.29, 0.717) is 18.4 Å². The van der Waals surface area contributed by atoms with Crippen LogP contribution in [0, 0.1) is 0 Å². The fraction of sp³-hybridized carbons (Fsp3) is 0.429. The number of carbonyl (C=O) groups excluding carboxylic acids is 1. The highest BCUT2D eigenvalue weighted by atomic mass is 16.4. The molecule has 0 unspecified atom stereocenters. The predicted molar refractivity (Wildman–Crippen MR) is 70.3 cm³/mol. The lowest BCUT2D eigenvalue weighted by Crippen LogP contribution is -2.53. The number of carboxylic acids is 1. The molecular weight excluding hydrogens is 244 g/mol. The average molecular weight is 262 g/mol. The molecule has 1 aliphatic carbocycles. The average Bonchev–Trinajstić information content (AvgIpc) is 2.84. The van der Waals surface area contributed by atoms with Crippen LogP contribution in [0.15, 0.2) is 30.3 Å². The molecule has 0 bridgehead atoms. The zero-order valence-corrected chi connectivity index (χ0v) is 10.6. The first-order chi connectivity index (χ1) is 9.03. The highest BCUT2D eigenvalue weighted by Gasteiger charge is 2.39. The maximum absolute atomic E-state index is 12.2. The van der Waals surface area contributed by atoms with Gasteiger partial charge >= 0.3 is 5.97 Å². The minimum atomic E-state index is -1.08. The van der Waals surface area contributed by atoms with Crippen molar-refractivity contribution in [1.82, 2.24) is 5.32 Å². The lowest BCUT2D eigenvalue weighted by atomic mass is 9.96. The number of aliphatic carboxylic acids is 1. The van der Waals surface area contributed by atoms with E-state index < -0.39 is 17.6 Å². The Bertz CT molecular complexity index is 467. The molecule has 102 valence electrons. The Morgan fingerprint density at radius 1 is 1.21 bits per heavy atom. The monoisotopic (exact) mass is 262 g/mol. The lowest BCUT2D eigenvalue weighted by molar-refractivity contribution is -0.142. The number of carboxylic acid groups (broad SMARTS) is 1. The summed E-state index contributed by atoms with van der Waals surface area (Å²) in [6, 6.07) is 7.59. The number of carbonyl (C=O) groups is 2. The van der Waals surface area contributed by atoms with Crippen LogP contribution in [-0.2, 0) is 9.59 Å². The van der Waals surface area contributed by atoms with Crippen molar-refractivity contribution >= 4 is 11.9 Å². The third-order valence-corrected chi connectivity index (χ3v) is 3.60. The Morgan fingerprint density at radius 3 is 2.32 bits per heavy atom. The molecule has 0 aliphatic heterocycles. The van der Waals surface area contributed by atoms with Gasteiger partial charge in [-0.05, 0) is 18.4 Å². The second-order valence-corrected chi connectivity index (χ2v) is 5.02. The summed E-state index contributed by atoms with van der Waals surface area (Å²) >= 11 is 0. The molecule has 5 nitrogen and oxygen atoms in total. The number of hydrogen-bond donors (Lipinski definition) is 3. The Kier molecular flexibility index (Phi) is 3.85. The molecule has 0 spiro atoms. The van der Waals surface area contributed by atoms with Crippen molar-refractivity contribution in [3.63, 3.8) is 0 Å². The van der Waals surface area contributed by atoms with Gasteiger partial charge in [0.1, 0.15) is 0 Å². The summed E-state index contributed by atoms with van der Waals surface area (Å²) in [6.07, 6.45) is 3.04. The van der Waals surface area contributed by atoms with Gasteiger partial charge in [-0.25, -0.2) is 4.79 Å². The maximum atomic E-state index is 12.2.